The van der Waals surface area contributed by atoms with E-state index in [1.807, 2.05) is 28.8 Å². The second-order valence-corrected chi connectivity index (χ2v) is 6.74. The molecule has 1 aromatic carbocycles. The van der Waals surface area contributed by atoms with Crippen LogP contribution >= 0.6 is 0 Å². The Balaban J connectivity index is 2.02. The number of methoxy groups -OCH3 is 1. The number of benzene rings is 1. The van der Waals surface area contributed by atoms with E-state index in [9.17, 15) is 19.8 Å². The molecule has 2 aromatic rings. The molecule has 1 spiro atoms. The number of ketones is 1. The van der Waals surface area contributed by atoms with Crippen LogP contribution in [0, 0.1) is 0 Å². The van der Waals surface area contributed by atoms with Crippen molar-refractivity contribution in [3.05, 3.63) is 53.4 Å². The number of ether oxygens (including phenoxy) is 1. The third-order valence-electron chi connectivity index (χ3n) is 5.47. The van der Waals surface area contributed by atoms with E-state index >= 15 is 0 Å². The average Bonchev–Trinajstić information content (AvgIpc) is 3.28. The quantitative estimate of drug-likeness (QED) is 0.824. The number of nitrogens with zero attached hydrogens (tertiary/aromatic N) is 1. The van der Waals surface area contributed by atoms with Crippen molar-refractivity contribution < 1.29 is 24.5 Å². The molecule has 0 amide bonds. The van der Waals surface area contributed by atoms with Gasteiger partial charge in [0.1, 0.15) is 22.6 Å². The maximum atomic E-state index is 12.8. The van der Waals surface area contributed by atoms with Crippen molar-refractivity contribution in [2.45, 2.75) is 31.2 Å². The minimum absolute atomic E-state index is 0.294. The molecule has 0 unspecified atom stereocenters. The molecule has 0 saturated heterocycles. The van der Waals surface area contributed by atoms with Crippen LogP contribution in [0.3, 0.4) is 0 Å². The highest BCUT2D eigenvalue weighted by Crippen LogP contribution is 2.49. The fraction of sp³-hybridized carbons (Fsp3) is 0.300. The van der Waals surface area contributed by atoms with Crippen molar-refractivity contribution >= 4 is 11.8 Å². The van der Waals surface area contributed by atoms with Crippen LogP contribution in [0.5, 0.6) is 5.75 Å². The van der Waals surface area contributed by atoms with E-state index in [1.54, 1.807) is 19.2 Å². The highest BCUT2D eigenvalue weighted by atomic mass is 16.5. The van der Waals surface area contributed by atoms with Crippen molar-refractivity contribution in [2.24, 2.45) is 0 Å². The van der Waals surface area contributed by atoms with Crippen molar-refractivity contribution in [2.75, 3.05) is 7.11 Å². The monoisotopic (exact) mass is 353 g/mol. The van der Waals surface area contributed by atoms with Crippen LogP contribution in [0.25, 0.3) is 11.3 Å². The predicted molar refractivity (Wildman–Crippen MR) is 94.5 cm³/mol. The van der Waals surface area contributed by atoms with Crippen LogP contribution in [0.1, 0.15) is 36.2 Å². The molecule has 0 atom stereocenters. The zero-order valence-electron chi connectivity index (χ0n) is 14.4. The molecular weight excluding hydrogens is 334 g/mol. The van der Waals surface area contributed by atoms with Crippen LogP contribution < -0.4 is 4.74 Å². The van der Waals surface area contributed by atoms with Crippen LogP contribution in [0.4, 0.5) is 0 Å². The number of carbonyl (C=O) groups is 2. The first kappa shape index (κ1) is 16.4. The van der Waals surface area contributed by atoms with Crippen molar-refractivity contribution in [3.63, 3.8) is 0 Å². The van der Waals surface area contributed by atoms with Crippen molar-refractivity contribution in [3.8, 4) is 17.0 Å². The van der Waals surface area contributed by atoms with Crippen LogP contribution in [0.15, 0.2) is 47.7 Å². The van der Waals surface area contributed by atoms with E-state index in [1.165, 1.54) is 0 Å². The van der Waals surface area contributed by atoms with Gasteiger partial charge < -0.3 is 19.5 Å². The number of hydrogen-bond donors (Lipinski definition) is 2. The first-order valence-corrected chi connectivity index (χ1v) is 8.58. The van der Waals surface area contributed by atoms with Gasteiger partial charge in [0.15, 0.2) is 0 Å². The number of Topliss-reactive ketones (excluding diaryl/α,β-unsaturated/α-hetero) is 1. The van der Waals surface area contributed by atoms with Gasteiger partial charge in [0.25, 0.3) is 0 Å². The number of carbonyl (C=O) groups excluding carboxylic acids is 1. The Bertz CT molecular complexity index is 947. The summed E-state index contributed by atoms with van der Waals surface area (Å²) in [6, 6.07) is 10.9. The summed E-state index contributed by atoms with van der Waals surface area (Å²) in [5.74, 6) is -1.72. The Morgan fingerprint density at radius 3 is 2.42 bits per heavy atom. The molecule has 1 aromatic heterocycles. The molecule has 2 N–H and O–H groups in total. The lowest BCUT2D eigenvalue weighted by molar-refractivity contribution is -0.132. The summed E-state index contributed by atoms with van der Waals surface area (Å²) in [5.41, 5.74) is 0.430. The molecule has 4 rings (SSSR count). The van der Waals surface area contributed by atoms with Crippen LogP contribution in [-0.2, 0) is 10.3 Å². The Hall–Kier alpha value is -3.02. The first-order valence-electron chi connectivity index (χ1n) is 8.58. The molecule has 6 heteroatoms. The van der Waals surface area contributed by atoms with Gasteiger partial charge in [0.2, 0.25) is 5.78 Å². The SMILES string of the molecule is COc1ccccc1-c1ccc2n1C1(CCCC1)C(O)=C(C(=O)O)C2=O. The third-order valence-corrected chi connectivity index (χ3v) is 5.47. The zero-order valence-corrected chi connectivity index (χ0v) is 14.4. The number of carboxylic acid groups (broad SMARTS) is 1. The van der Waals surface area contributed by atoms with E-state index in [2.05, 4.69) is 0 Å². The fourth-order valence-electron chi connectivity index (χ4n) is 4.33. The van der Waals surface area contributed by atoms with E-state index < -0.39 is 22.9 Å². The maximum absolute atomic E-state index is 12.8. The molecule has 1 saturated carbocycles. The number of aliphatic carboxylic acids is 1. The lowest BCUT2D eigenvalue weighted by atomic mass is 9.85. The summed E-state index contributed by atoms with van der Waals surface area (Å²) in [5, 5.41) is 20.3. The fourth-order valence-corrected chi connectivity index (χ4v) is 4.33. The number of aromatic nitrogens is 1. The number of fused-ring (bicyclic) bond motifs is 2. The topological polar surface area (TPSA) is 88.8 Å². The van der Waals surface area contributed by atoms with E-state index in [-0.39, 0.29) is 5.76 Å². The number of rotatable bonds is 3. The summed E-state index contributed by atoms with van der Waals surface area (Å²) < 4.78 is 7.28. The Morgan fingerprint density at radius 2 is 1.77 bits per heavy atom. The predicted octanol–water partition coefficient (Wildman–Crippen LogP) is 3.53. The first-order chi connectivity index (χ1) is 12.5. The number of allylic oxidation sites excluding steroid dienone is 1. The normalized spacial score (nSPS) is 18.3. The van der Waals surface area contributed by atoms with Gasteiger partial charge in [-0.3, -0.25) is 4.79 Å². The molecule has 2 aliphatic rings. The molecule has 134 valence electrons. The Labute approximate surface area is 150 Å². The molecular formula is C20H19NO5. The van der Waals surface area contributed by atoms with E-state index in [4.69, 9.17) is 4.74 Å². The number of para-hydroxylation sites is 1. The van der Waals surface area contributed by atoms with Gasteiger partial charge in [-0.25, -0.2) is 4.79 Å². The van der Waals surface area contributed by atoms with Gasteiger partial charge >= 0.3 is 5.97 Å². The molecule has 1 fully saturated rings. The zero-order chi connectivity index (χ0) is 18.5. The van der Waals surface area contributed by atoms with Gasteiger partial charge in [-0.05, 0) is 37.1 Å². The van der Waals surface area contributed by atoms with E-state index in [0.717, 1.165) is 24.1 Å². The van der Waals surface area contributed by atoms with Gasteiger partial charge in [-0.15, -0.1) is 0 Å². The van der Waals surface area contributed by atoms with Gasteiger partial charge in [-0.1, -0.05) is 25.0 Å². The molecule has 1 aliphatic heterocycles. The third kappa shape index (κ3) is 2.05. The van der Waals surface area contributed by atoms with Gasteiger partial charge in [-0.2, -0.15) is 0 Å². The minimum Gasteiger partial charge on any atom is -0.509 e. The molecule has 0 radical (unpaired) electrons. The lowest BCUT2D eigenvalue weighted by Crippen LogP contribution is -2.42. The summed E-state index contributed by atoms with van der Waals surface area (Å²) >= 11 is 0. The molecule has 0 bridgehead atoms. The second kappa shape index (κ2) is 5.76. The van der Waals surface area contributed by atoms with Gasteiger partial charge in [0.05, 0.1) is 18.5 Å². The Kier molecular flexibility index (Phi) is 3.64. The second-order valence-electron chi connectivity index (χ2n) is 6.74. The van der Waals surface area contributed by atoms with Crippen molar-refractivity contribution in [1.29, 1.82) is 0 Å². The van der Waals surface area contributed by atoms with Gasteiger partial charge in [0, 0.05) is 5.56 Å². The standard InChI is InChI=1S/C20H19NO5/c1-26-15-7-3-2-6-12(15)13-8-9-14-17(22)16(19(24)25)18(23)20(21(13)14)10-4-5-11-20/h2-3,6-9,23H,4-5,10-11H2,1H3,(H,24,25). The number of aliphatic hydroxyl groups is 1. The van der Waals surface area contributed by atoms with Crippen LogP contribution in [0.2, 0.25) is 0 Å². The highest BCUT2D eigenvalue weighted by Gasteiger charge is 2.50. The van der Waals surface area contributed by atoms with Crippen LogP contribution in [-0.4, -0.2) is 33.6 Å². The van der Waals surface area contributed by atoms with E-state index in [0.29, 0.717) is 24.3 Å². The Morgan fingerprint density at radius 1 is 1.12 bits per heavy atom. The molecule has 26 heavy (non-hydrogen) atoms. The molecule has 1 aliphatic carbocycles. The van der Waals surface area contributed by atoms with Crippen molar-refractivity contribution in [1.82, 2.24) is 4.57 Å². The smallest absolute Gasteiger partial charge is 0.343 e. The summed E-state index contributed by atoms with van der Waals surface area (Å²) in [7, 11) is 1.58. The maximum Gasteiger partial charge on any atom is 0.343 e. The average molecular weight is 353 g/mol. The summed E-state index contributed by atoms with van der Waals surface area (Å²) in [6.07, 6.45) is 2.89. The summed E-state index contributed by atoms with van der Waals surface area (Å²) in [6.45, 7) is 0. The molecule has 6 nitrogen and oxygen atoms in total. The molecule has 2 heterocycles. The lowest BCUT2D eigenvalue weighted by Gasteiger charge is -2.37. The highest BCUT2D eigenvalue weighted by molar-refractivity contribution is 6.24. The minimum atomic E-state index is -1.38. The summed E-state index contributed by atoms with van der Waals surface area (Å²) in [4.78, 5) is 24.4. The largest absolute Gasteiger partial charge is 0.509 e. The number of hydrogen-bond acceptors (Lipinski definition) is 4. The number of carboxylic acids is 1. The number of aliphatic hydroxyl groups excluding tert-OH is 1.